The predicted molar refractivity (Wildman–Crippen MR) is 108 cm³/mol. The quantitative estimate of drug-likeness (QED) is 0.687. The number of morpholine rings is 1. The molecule has 1 aliphatic rings. The van der Waals surface area contributed by atoms with E-state index in [9.17, 15) is 4.79 Å². The Bertz CT molecular complexity index is 895. The minimum atomic E-state index is -0.0325. The minimum absolute atomic E-state index is 0.0325. The number of nitrogens with zero attached hydrogens (tertiary/aromatic N) is 4. The molecule has 1 fully saturated rings. The zero-order valence-electron chi connectivity index (χ0n) is 15.6. The Kier molecular flexibility index (Phi) is 5.70. The lowest BCUT2D eigenvalue weighted by molar-refractivity contribution is -0.120. The fourth-order valence-corrected chi connectivity index (χ4v) is 3.21. The van der Waals surface area contributed by atoms with Crippen LogP contribution in [0.1, 0.15) is 0 Å². The number of hydrogen-bond donors (Lipinski definition) is 0. The standard InChI is InChI=1S/C22H22N4O2/c27-22(17-25-13-15-28-16-14-25)26(19-9-5-2-6-10-19)21-12-11-20(23-24-21)18-7-3-1-4-8-18/h1-12H,13-17H2. The highest BCUT2D eigenvalue weighted by Gasteiger charge is 2.23. The van der Waals surface area contributed by atoms with Crippen LogP contribution in [-0.4, -0.2) is 53.9 Å². The number of para-hydroxylation sites is 1. The van der Waals surface area contributed by atoms with Gasteiger partial charge in [0.1, 0.15) is 0 Å². The highest BCUT2D eigenvalue weighted by molar-refractivity contribution is 6.00. The first-order chi connectivity index (χ1) is 13.8. The summed E-state index contributed by atoms with van der Waals surface area (Å²) in [6.45, 7) is 3.15. The average Bonchev–Trinajstić information content (AvgIpc) is 2.76. The Labute approximate surface area is 164 Å². The van der Waals surface area contributed by atoms with Crippen molar-refractivity contribution in [2.75, 3.05) is 37.7 Å². The smallest absolute Gasteiger partial charge is 0.246 e. The molecular formula is C22H22N4O2. The summed E-state index contributed by atoms with van der Waals surface area (Å²) in [5, 5.41) is 8.70. The van der Waals surface area contributed by atoms with Crippen molar-refractivity contribution in [3.63, 3.8) is 0 Å². The SMILES string of the molecule is O=C(CN1CCOCC1)N(c1ccccc1)c1ccc(-c2ccccc2)nn1. The third-order valence-corrected chi connectivity index (χ3v) is 4.68. The van der Waals surface area contributed by atoms with Gasteiger partial charge < -0.3 is 4.74 Å². The van der Waals surface area contributed by atoms with E-state index in [-0.39, 0.29) is 5.91 Å². The number of carbonyl (C=O) groups is 1. The van der Waals surface area contributed by atoms with E-state index in [0.717, 1.165) is 30.0 Å². The van der Waals surface area contributed by atoms with E-state index in [1.165, 1.54) is 0 Å². The second kappa shape index (κ2) is 8.73. The van der Waals surface area contributed by atoms with Gasteiger partial charge >= 0.3 is 0 Å². The van der Waals surface area contributed by atoms with Crippen molar-refractivity contribution < 1.29 is 9.53 Å². The summed E-state index contributed by atoms with van der Waals surface area (Å²) in [6.07, 6.45) is 0. The van der Waals surface area contributed by atoms with Gasteiger partial charge in [-0.05, 0) is 24.3 Å². The number of carbonyl (C=O) groups excluding carboxylic acids is 1. The van der Waals surface area contributed by atoms with Crippen LogP contribution in [0.2, 0.25) is 0 Å². The summed E-state index contributed by atoms with van der Waals surface area (Å²) < 4.78 is 5.38. The summed E-state index contributed by atoms with van der Waals surface area (Å²) >= 11 is 0. The lowest BCUT2D eigenvalue weighted by Gasteiger charge is -2.29. The molecule has 1 amide bonds. The molecular weight excluding hydrogens is 352 g/mol. The van der Waals surface area contributed by atoms with Crippen LogP contribution in [0.25, 0.3) is 11.3 Å². The monoisotopic (exact) mass is 374 g/mol. The third kappa shape index (κ3) is 4.24. The molecule has 1 saturated heterocycles. The first-order valence-electron chi connectivity index (χ1n) is 9.38. The molecule has 6 heteroatoms. The maximum absolute atomic E-state index is 13.1. The lowest BCUT2D eigenvalue weighted by Crippen LogP contribution is -2.43. The average molecular weight is 374 g/mol. The molecule has 0 radical (unpaired) electrons. The van der Waals surface area contributed by atoms with Gasteiger partial charge in [-0.15, -0.1) is 10.2 Å². The summed E-state index contributed by atoms with van der Waals surface area (Å²) in [5.74, 6) is 0.485. The Morgan fingerprint density at radius 3 is 2.21 bits per heavy atom. The summed E-state index contributed by atoms with van der Waals surface area (Å²) in [4.78, 5) is 16.9. The largest absolute Gasteiger partial charge is 0.379 e. The second-order valence-electron chi connectivity index (χ2n) is 6.60. The van der Waals surface area contributed by atoms with E-state index in [4.69, 9.17) is 4.74 Å². The molecule has 0 atom stereocenters. The zero-order valence-corrected chi connectivity index (χ0v) is 15.6. The highest BCUT2D eigenvalue weighted by atomic mass is 16.5. The van der Waals surface area contributed by atoms with Crippen LogP contribution < -0.4 is 4.90 Å². The van der Waals surface area contributed by atoms with E-state index in [0.29, 0.717) is 25.6 Å². The molecule has 0 aliphatic carbocycles. The number of amides is 1. The Morgan fingerprint density at radius 1 is 0.893 bits per heavy atom. The van der Waals surface area contributed by atoms with Gasteiger partial charge in [0, 0.05) is 18.7 Å². The van der Waals surface area contributed by atoms with Gasteiger partial charge in [0.15, 0.2) is 5.82 Å². The van der Waals surface area contributed by atoms with Crippen molar-refractivity contribution in [1.29, 1.82) is 0 Å². The molecule has 142 valence electrons. The predicted octanol–water partition coefficient (Wildman–Crippen LogP) is 3.14. The van der Waals surface area contributed by atoms with Gasteiger partial charge in [-0.3, -0.25) is 14.6 Å². The maximum atomic E-state index is 13.1. The van der Waals surface area contributed by atoms with Gasteiger partial charge in [0.05, 0.1) is 31.1 Å². The molecule has 2 aromatic carbocycles. The Morgan fingerprint density at radius 2 is 1.57 bits per heavy atom. The van der Waals surface area contributed by atoms with Crippen LogP contribution in [0.15, 0.2) is 72.8 Å². The van der Waals surface area contributed by atoms with Crippen molar-refractivity contribution in [3.8, 4) is 11.3 Å². The van der Waals surface area contributed by atoms with Crippen molar-refractivity contribution in [2.45, 2.75) is 0 Å². The molecule has 3 aromatic rings. The van der Waals surface area contributed by atoms with E-state index in [2.05, 4.69) is 15.1 Å². The summed E-state index contributed by atoms with van der Waals surface area (Å²) in [7, 11) is 0. The number of rotatable bonds is 5. The first-order valence-corrected chi connectivity index (χ1v) is 9.38. The van der Waals surface area contributed by atoms with E-state index < -0.39 is 0 Å². The van der Waals surface area contributed by atoms with E-state index in [1.807, 2.05) is 72.8 Å². The van der Waals surface area contributed by atoms with Crippen LogP contribution in [0.5, 0.6) is 0 Å². The fraction of sp³-hybridized carbons (Fsp3) is 0.227. The Hall–Kier alpha value is -3.09. The van der Waals surface area contributed by atoms with Gasteiger partial charge in [0.25, 0.3) is 0 Å². The summed E-state index contributed by atoms with van der Waals surface area (Å²) in [5.41, 5.74) is 2.55. The van der Waals surface area contributed by atoms with Crippen LogP contribution >= 0.6 is 0 Å². The molecule has 28 heavy (non-hydrogen) atoms. The van der Waals surface area contributed by atoms with Crippen molar-refractivity contribution in [1.82, 2.24) is 15.1 Å². The van der Waals surface area contributed by atoms with Crippen LogP contribution in [0.4, 0.5) is 11.5 Å². The van der Waals surface area contributed by atoms with E-state index >= 15 is 0 Å². The van der Waals surface area contributed by atoms with Gasteiger partial charge in [-0.2, -0.15) is 0 Å². The molecule has 6 nitrogen and oxygen atoms in total. The van der Waals surface area contributed by atoms with Gasteiger partial charge in [-0.25, -0.2) is 0 Å². The normalized spacial score (nSPS) is 14.6. The maximum Gasteiger partial charge on any atom is 0.246 e. The summed E-state index contributed by atoms with van der Waals surface area (Å²) in [6, 6.07) is 23.2. The molecule has 4 rings (SSSR count). The highest BCUT2D eigenvalue weighted by Crippen LogP contribution is 2.25. The number of ether oxygens (including phenoxy) is 1. The van der Waals surface area contributed by atoms with Crippen molar-refractivity contribution >= 4 is 17.4 Å². The van der Waals surface area contributed by atoms with Crippen molar-refractivity contribution in [3.05, 3.63) is 72.8 Å². The second-order valence-corrected chi connectivity index (χ2v) is 6.60. The van der Waals surface area contributed by atoms with Gasteiger partial charge in [0.2, 0.25) is 5.91 Å². The van der Waals surface area contributed by atoms with Crippen molar-refractivity contribution in [2.24, 2.45) is 0 Å². The van der Waals surface area contributed by atoms with Gasteiger partial charge in [-0.1, -0.05) is 48.5 Å². The molecule has 1 aromatic heterocycles. The molecule has 0 unspecified atom stereocenters. The van der Waals surface area contributed by atoms with Crippen LogP contribution in [-0.2, 0) is 9.53 Å². The van der Waals surface area contributed by atoms with Crippen LogP contribution in [0, 0.1) is 0 Å². The third-order valence-electron chi connectivity index (χ3n) is 4.68. The topological polar surface area (TPSA) is 58.6 Å². The molecule has 0 spiro atoms. The number of hydrogen-bond acceptors (Lipinski definition) is 5. The first kappa shape index (κ1) is 18.3. The Balaban J connectivity index is 1.61. The lowest BCUT2D eigenvalue weighted by atomic mass is 10.1. The number of benzene rings is 2. The molecule has 0 saturated carbocycles. The molecule has 2 heterocycles. The number of aromatic nitrogens is 2. The van der Waals surface area contributed by atoms with E-state index in [1.54, 1.807) is 4.90 Å². The zero-order chi connectivity index (χ0) is 19.2. The minimum Gasteiger partial charge on any atom is -0.379 e. The molecule has 1 aliphatic heterocycles. The number of anilines is 2. The molecule has 0 N–H and O–H groups in total. The molecule has 0 bridgehead atoms. The van der Waals surface area contributed by atoms with Crippen LogP contribution in [0.3, 0.4) is 0 Å². The fourth-order valence-electron chi connectivity index (χ4n) is 3.21.